The average Bonchev–Trinajstić information content (AvgIpc) is 2.96. The van der Waals surface area contributed by atoms with Crippen molar-refractivity contribution in [1.29, 1.82) is 0 Å². The van der Waals surface area contributed by atoms with E-state index in [2.05, 4.69) is 21.1 Å². The molecule has 0 aliphatic rings. The molecule has 0 saturated carbocycles. The number of anilines is 1. The van der Waals surface area contributed by atoms with Gasteiger partial charge in [-0.1, -0.05) is 48.0 Å². The fourth-order valence-electron chi connectivity index (χ4n) is 3.89. The number of nitrogens with two attached hydrogens (primary N) is 1. The Morgan fingerprint density at radius 2 is 1.75 bits per heavy atom. The lowest BCUT2D eigenvalue weighted by Crippen LogP contribution is -2.02. The van der Waals surface area contributed by atoms with Crippen LogP contribution in [0.3, 0.4) is 0 Å². The topological polar surface area (TPSA) is 120 Å². The maximum atomic E-state index is 11.7. The number of carbonyl (C=O) groups excluding carboxylic acids is 1. The Morgan fingerprint density at radius 1 is 0.950 bits per heavy atom. The SMILES string of the molecule is Nc1cc(COc2cc(OCc3cccc(-c4cccc(OCCCO)c4)c3Br)c(Cl)cc2C=O)ccc1N=O. The summed E-state index contributed by atoms with van der Waals surface area (Å²) in [5.74, 6) is 1.35. The molecular weight excluding hydrogens is 600 g/mol. The molecule has 0 bridgehead atoms. The van der Waals surface area contributed by atoms with E-state index >= 15 is 0 Å². The summed E-state index contributed by atoms with van der Waals surface area (Å²) in [6.07, 6.45) is 1.21. The van der Waals surface area contributed by atoms with Crippen molar-refractivity contribution in [1.82, 2.24) is 0 Å². The van der Waals surface area contributed by atoms with E-state index < -0.39 is 0 Å². The van der Waals surface area contributed by atoms with Crippen LogP contribution in [0.2, 0.25) is 5.02 Å². The molecule has 0 saturated heterocycles. The number of nitrogens with zero attached hydrogens (tertiary/aromatic N) is 1. The molecule has 4 aromatic carbocycles. The fraction of sp³-hybridized carbons (Fsp3) is 0.167. The number of halogens is 2. The van der Waals surface area contributed by atoms with Crippen molar-refractivity contribution in [3.05, 3.63) is 104 Å². The Balaban J connectivity index is 1.50. The molecule has 0 fully saturated rings. The Morgan fingerprint density at radius 3 is 2.50 bits per heavy atom. The summed E-state index contributed by atoms with van der Waals surface area (Å²) < 4.78 is 18.5. The van der Waals surface area contributed by atoms with Crippen molar-refractivity contribution in [2.45, 2.75) is 19.6 Å². The van der Waals surface area contributed by atoms with Crippen LogP contribution in [0.25, 0.3) is 11.1 Å². The third kappa shape index (κ3) is 7.18. The van der Waals surface area contributed by atoms with E-state index in [9.17, 15) is 9.70 Å². The highest BCUT2D eigenvalue weighted by Crippen LogP contribution is 2.36. The predicted molar refractivity (Wildman–Crippen MR) is 159 cm³/mol. The second-order valence-electron chi connectivity index (χ2n) is 8.73. The standard InChI is InChI=1S/C30H26BrClN2O6/c31-30-21(5-2-7-24(30)20-4-1-6-23(13-20)38-11-3-10-35)18-40-29-15-28(22(16-36)14-25(29)32)39-17-19-8-9-27(34-37)26(33)12-19/h1-2,4-9,12-16,35H,3,10-11,17-18,33H2. The van der Waals surface area contributed by atoms with Gasteiger partial charge in [-0.05, 0) is 68.1 Å². The highest BCUT2D eigenvalue weighted by molar-refractivity contribution is 9.10. The first-order chi connectivity index (χ1) is 19.4. The number of nitrogen functional groups attached to an aromatic ring is 1. The van der Waals surface area contributed by atoms with Crippen LogP contribution in [0.5, 0.6) is 17.2 Å². The average molecular weight is 626 g/mol. The molecule has 0 unspecified atom stereocenters. The highest BCUT2D eigenvalue weighted by atomic mass is 79.9. The Hall–Kier alpha value is -3.92. The van der Waals surface area contributed by atoms with Gasteiger partial charge in [0.05, 0.1) is 22.9 Å². The largest absolute Gasteiger partial charge is 0.493 e. The molecule has 0 heterocycles. The van der Waals surface area contributed by atoms with E-state index in [0.29, 0.717) is 36.4 Å². The monoisotopic (exact) mass is 624 g/mol. The number of aliphatic hydroxyl groups excluding tert-OH is 1. The zero-order valence-electron chi connectivity index (χ0n) is 21.3. The summed E-state index contributed by atoms with van der Waals surface area (Å²) in [5.41, 5.74) is 9.96. The maximum absolute atomic E-state index is 11.7. The van der Waals surface area contributed by atoms with Crippen molar-refractivity contribution in [2.75, 3.05) is 18.9 Å². The Bertz CT molecular complexity index is 1510. The molecule has 0 aromatic heterocycles. The smallest absolute Gasteiger partial charge is 0.153 e. The van der Waals surface area contributed by atoms with Gasteiger partial charge in [-0.3, -0.25) is 4.79 Å². The van der Waals surface area contributed by atoms with Crippen LogP contribution in [-0.4, -0.2) is 24.6 Å². The second kappa shape index (κ2) is 13.9. The molecule has 0 atom stereocenters. The molecule has 0 radical (unpaired) electrons. The minimum atomic E-state index is 0.0755. The first-order valence-electron chi connectivity index (χ1n) is 12.3. The first kappa shape index (κ1) is 29.1. The Kier molecular flexibility index (Phi) is 10.1. The van der Waals surface area contributed by atoms with Gasteiger partial charge in [0.2, 0.25) is 0 Å². The van der Waals surface area contributed by atoms with Gasteiger partial charge in [0.25, 0.3) is 0 Å². The quantitative estimate of drug-likeness (QED) is 0.0684. The van der Waals surface area contributed by atoms with Gasteiger partial charge in [-0.2, -0.15) is 0 Å². The van der Waals surface area contributed by atoms with Crippen molar-refractivity contribution in [3.8, 4) is 28.4 Å². The minimum Gasteiger partial charge on any atom is -0.493 e. The van der Waals surface area contributed by atoms with E-state index in [-0.39, 0.29) is 47.5 Å². The van der Waals surface area contributed by atoms with Crippen LogP contribution in [0, 0.1) is 4.91 Å². The van der Waals surface area contributed by atoms with E-state index in [1.54, 1.807) is 18.2 Å². The molecule has 0 aliphatic carbocycles. The number of hydrogen-bond acceptors (Lipinski definition) is 8. The summed E-state index contributed by atoms with van der Waals surface area (Å²) in [6.45, 7) is 0.799. The van der Waals surface area contributed by atoms with Gasteiger partial charge in [-0.15, -0.1) is 4.91 Å². The van der Waals surface area contributed by atoms with Crippen LogP contribution in [0.1, 0.15) is 27.9 Å². The molecular formula is C30H26BrClN2O6. The van der Waals surface area contributed by atoms with Gasteiger partial charge in [0.15, 0.2) is 6.29 Å². The van der Waals surface area contributed by atoms with Gasteiger partial charge >= 0.3 is 0 Å². The normalized spacial score (nSPS) is 10.7. The lowest BCUT2D eigenvalue weighted by Gasteiger charge is -2.15. The molecule has 4 aromatic rings. The van der Waals surface area contributed by atoms with Crippen molar-refractivity contribution < 1.29 is 24.1 Å². The zero-order valence-corrected chi connectivity index (χ0v) is 23.7. The molecule has 3 N–H and O–H groups in total. The molecule has 10 heteroatoms. The summed E-state index contributed by atoms with van der Waals surface area (Å²) in [4.78, 5) is 22.4. The Labute approximate surface area is 244 Å². The van der Waals surface area contributed by atoms with Crippen molar-refractivity contribution in [3.63, 3.8) is 0 Å². The van der Waals surface area contributed by atoms with Crippen molar-refractivity contribution >= 4 is 45.2 Å². The molecule has 8 nitrogen and oxygen atoms in total. The molecule has 4 rings (SSSR count). The van der Waals surface area contributed by atoms with Crippen LogP contribution < -0.4 is 19.9 Å². The number of carbonyl (C=O) groups is 1. The van der Waals surface area contributed by atoms with E-state index in [0.717, 1.165) is 21.2 Å². The predicted octanol–water partition coefficient (Wildman–Crippen LogP) is 7.48. The number of aliphatic hydroxyl groups is 1. The first-order valence-corrected chi connectivity index (χ1v) is 13.5. The van der Waals surface area contributed by atoms with E-state index in [1.165, 1.54) is 12.1 Å². The number of ether oxygens (including phenoxy) is 3. The third-order valence-corrected chi connectivity index (χ3v) is 7.19. The number of aldehydes is 1. The summed E-state index contributed by atoms with van der Waals surface area (Å²) >= 11 is 10.1. The number of rotatable bonds is 13. The van der Waals surface area contributed by atoms with Gasteiger partial charge in [0.1, 0.15) is 36.1 Å². The molecule has 0 aliphatic heterocycles. The summed E-state index contributed by atoms with van der Waals surface area (Å²) in [5, 5.41) is 12.1. The maximum Gasteiger partial charge on any atom is 0.153 e. The fourth-order valence-corrected chi connectivity index (χ4v) is 4.73. The van der Waals surface area contributed by atoms with Crippen LogP contribution in [0.4, 0.5) is 11.4 Å². The van der Waals surface area contributed by atoms with Gasteiger partial charge < -0.3 is 25.1 Å². The zero-order chi connectivity index (χ0) is 28.5. The molecule has 40 heavy (non-hydrogen) atoms. The molecule has 0 spiro atoms. The van der Waals surface area contributed by atoms with Gasteiger partial charge in [0, 0.05) is 29.1 Å². The molecule has 0 amide bonds. The lowest BCUT2D eigenvalue weighted by atomic mass is 10.0. The molecule has 206 valence electrons. The highest BCUT2D eigenvalue weighted by Gasteiger charge is 2.14. The van der Waals surface area contributed by atoms with E-state index in [4.69, 9.17) is 36.7 Å². The van der Waals surface area contributed by atoms with Crippen LogP contribution >= 0.6 is 27.5 Å². The minimum absolute atomic E-state index is 0.0755. The summed E-state index contributed by atoms with van der Waals surface area (Å²) in [6, 6.07) is 21.4. The number of hydrogen-bond donors (Lipinski definition) is 2. The summed E-state index contributed by atoms with van der Waals surface area (Å²) in [7, 11) is 0. The second-order valence-corrected chi connectivity index (χ2v) is 9.93. The number of benzene rings is 4. The van der Waals surface area contributed by atoms with Gasteiger partial charge in [-0.25, -0.2) is 0 Å². The van der Waals surface area contributed by atoms with Crippen molar-refractivity contribution in [2.24, 2.45) is 5.18 Å². The lowest BCUT2D eigenvalue weighted by molar-refractivity contribution is 0.111. The number of nitroso groups, excluding NO2 is 1. The van der Waals surface area contributed by atoms with Crippen LogP contribution in [0.15, 0.2) is 82.4 Å². The third-order valence-electron chi connectivity index (χ3n) is 5.95. The van der Waals surface area contributed by atoms with Crippen LogP contribution in [-0.2, 0) is 13.2 Å². The van der Waals surface area contributed by atoms with E-state index in [1.807, 2.05) is 42.5 Å².